The Morgan fingerprint density at radius 3 is 2.88 bits per heavy atom. The third-order valence-electron chi connectivity index (χ3n) is 3.97. The van der Waals surface area contributed by atoms with E-state index in [9.17, 15) is 15.0 Å². The molecule has 1 atom stereocenters. The summed E-state index contributed by atoms with van der Waals surface area (Å²) in [5, 5.41) is 24.2. The number of phenols is 1. The second-order valence-corrected chi connectivity index (χ2v) is 5.67. The average molecular weight is 323 g/mol. The largest absolute Gasteiger partial charge is 0.506 e. The first-order chi connectivity index (χ1) is 11.6. The number of benzene rings is 2. The van der Waals surface area contributed by atoms with Gasteiger partial charge < -0.3 is 20.5 Å². The molecule has 1 radical (unpaired) electrons. The van der Waals surface area contributed by atoms with Crippen LogP contribution in [0.5, 0.6) is 5.75 Å². The Bertz CT molecular complexity index is 875. The van der Waals surface area contributed by atoms with Crippen LogP contribution in [0.4, 0.5) is 0 Å². The lowest BCUT2D eigenvalue weighted by Crippen LogP contribution is -2.24. The molecule has 123 valence electrons. The molecule has 3 rings (SSSR count). The zero-order valence-electron chi connectivity index (χ0n) is 13.1. The van der Waals surface area contributed by atoms with Crippen molar-refractivity contribution >= 4 is 10.9 Å². The Balaban J connectivity index is 1.67. The van der Waals surface area contributed by atoms with Crippen molar-refractivity contribution in [1.82, 2.24) is 10.3 Å². The highest BCUT2D eigenvalue weighted by molar-refractivity contribution is 5.87. The van der Waals surface area contributed by atoms with Gasteiger partial charge in [-0.05, 0) is 42.3 Å². The lowest BCUT2D eigenvalue weighted by Gasteiger charge is -2.15. The van der Waals surface area contributed by atoms with E-state index in [4.69, 9.17) is 0 Å². The molecule has 0 saturated carbocycles. The van der Waals surface area contributed by atoms with Crippen LogP contribution in [0, 0.1) is 6.07 Å². The Kier molecular flexibility index (Phi) is 4.93. The Labute approximate surface area is 139 Å². The smallest absolute Gasteiger partial charge is 0.248 e. The van der Waals surface area contributed by atoms with Crippen LogP contribution in [0.2, 0.25) is 0 Å². The number of phenolic OH excluding ortho intramolecular Hbond substituents is 1. The maximum absolute atomic E-state index is 11.4. The van der Waals surface area contributed by atoms with Gasteiger partial charge >= 0.3 is 0 Å². The van der Waals surface area contributed by atoms with Crippen LogP contribution in [-0.4, -0.2) is 28.3 Å². The summed E-state index contributed by atoms with van der Waals surface area (Å²) in [5.41, 5.74) is 1.91. The Hall–Kier alpha value is -2.63. The molecule has 1 heterocycles. The van der Waals surface area contributed by atoms with Crippen LogP contribution in [0.1, 0.15) is 17.2 Å². The van der Waals surface area contributed by atoms with Crippen molar-refractivity contribution in [2.24, 2.45) is 0 Å². The fourth-order valence-corrected chi connectivity index (χ4v) is 2.72. The van der Waals surface area contributed by atoms with E-state index in [0.29, 0.717) is 23.0 Å². The number of rotatable bonds is 6. The standard InChI is InChI=1S/C19H19N2O3/c22-16-8-6-14(15-7-9-18(24)21-19(15)16)17(23)12-20-11-10-13-4-2-1-3-5-13/h1-2,4-9,17,20,22-23H,10-12H2,(H,21,24)/t17-/m0/s1. The minimum absolute atomic E-state index is 0.00747. The summed E-state index contributed by atoms with van der Waals surface area (Å²) in [6.45, 7) is 1.12. The SMILES string of the molecule is O=c1ccc2c([C@@H](O)CNCCc3c[c]ccc3)ccc(O)c2[nH]1. The monoisotopic (exact) mass is 323 g/mol. The van der Waals surface area contributed by atoms with E-state index in [1.165, 1.54) is 17.7 Å². The van der Waals surface area contributed by atoms with Crippen molar-refractivity contribution in [3.05, 3.63) is 76.1 Å². The third kappa shape index (κ3) is 3.64. The van der Waals surface area contributed by atoms with Gasteiger partial charge in [0.25, 0.3) is 0 Å². The summed E-state index contributed by atoms with van der Waals surface area (Å²) in [4.78, 5) is 14.0. The number of aliphatic hydroxyl groups excluding tert-OH is 1. The molecule has 0 aliphatic rings. The average Bonchev–Trinajstić information content (AvgIpc) is 2.60. The van der Waals surface area contributed by atoms with Gasteiger partial charge in [0.05, 0.1) is 11.6 Å². The maximum Gasteiger partial charge on any atom is 0.248 e. The van der Waals surface area contributed by atoms with Crippen molar-refractivity contribution in [2.45, 2.75) is 12.5 Å². The number of fused-ring (bicyclic) bond motifs is 1. The summed E-state index contributed by atoms with van der Waals surface area (Å²) in [6.07, 6.45) is 0.120. The lowest BCUT2D eigenvalue weighted by molar-refractivity contribution is 0.176. The number of nitrogens with one attached hydrogen (secondary N) is 2. The van der Waals surface area contributed by atoms with Gasteiger partial charge in [-0.1, -0.05) is 30.3 Å². The molecule has 1 aromatic heterocycles. The Morgan fingerprint density at radius 2 is 2.08 bits per heavy atom. The second-order valence-electron chi connectivity index (χ2n) is 5.67. The number of hydrogen-bond donors (Lipinski definition) is 4. The predicted molar refractivity (Wildman–Crippen MR) is 93.0 cm³/mol. The number of aromatic hydroxyl groups is 1. The van der Waals surface area contributed by atoms with Crippen LogP contribution < -0.4 is 10.9 Å². The number of pyridine rings is 1. The molecular formula is C19H19N2O3. The highest BCUT2D eigenvalue weighted by Crippen LogP contribution is 2.28. The normalized spacial score (nSPS) is 12.4. The van der Waals surface area contributed by atoms with Gasteiger partial charge in [0, 0.05) is 18.0 Å². The van der Waals surface area contributed by atoms with Gasteiger partial charge in [0.1, 0.15) is 5.75 Å². The van der Waals surface area contributed by atoms with Gasteiger partial charge in [0.15, 0.2) is 0 Å². The third-order valence-corrected chi connectivity index (χ3v) is 3.97. The molecule has 24 heavy (non-hydrogen) atoms. The van der Waals surface area contributed by atoms with E-state index in [-0.39, 0.29) is 11.3 Å². The van der Waals surface area contributed by atoms with Gasteiger partial charge in [-0.15, -0.1) is 0 Å². The molecule has 5 heteroatoms. The minimum atomic E-state index is -0.735. The van der Waals surface area contributed by atoms with Crippen molar-refractivity contribution in [1.29, 1.82) is 0 Å². The molecule has 0 unspecified atom stereocenters. The number of H-pyrrole nitrogens is 1. The molecule has 0 amide bonds. The van der Waals surface area contributed by atoms with Gasteiger partial charge in [-0.2, -0.15) is 0 Å². The first-order valence-corrected chi connectivity index (χ1v) is 7.84. The molecule has 2 aromatic carbocycles. The predicted octanol–water partition coefficient (Wildman–Crippen LogP) is 1.90. The summed E-state index contributed by atoms with van der Waals surface area (Å²) in [5.74, 6) is -0.00747. The van der Waals surface area contributed by atoms with E-state index in [1.54, 1.807) is 12.1 Å². The van der Waals surface area contributed by atoms with Gasteiger partial charge in [0.2, 0.25) is 5.56 Å². The molecule has 0 spiro atoms. The molecule has 3 aromatic rings. The van der Waals surface area contributed by atoms with E-state index in [0.717, 1.165) is 13.0 Å². The summed E-state index contributed by atoms with van der Waals surface area (Å²) in [7, 11) is 0. The molecular weight excluding hydrogens is 304 g/mol. The zero-order valence-corrected chi connectivity index (χ0v) is 13.1. The Morgan fingerprint density at radius 1 is 1.21 bits per heavy atom. The first-order valence-electron chi connectivity index (χ1n) is 7.84. The van der Waals surface area contributed by atoms with E-state index in [2.05, 4.69) is 16.4 Å². The number of aliphatic hydroxyl groups is 1. The van der Waals surface area contributed by atoms with Crippen molar-refractivity contribution in [3.8, 4) is 5.75 Å². The van der Waals surface area contributed by atoms with Crippen molar-refractivity contribution in [2.75, 3.05) is 13.1 Å². The number of aromatic amines is 1. The van der Waals surface area contributed by atoms with Crippen LogP contribution in [0.25, 0.3) is 10.9 Å². The topological polar surface area (TPSA) is 85.3 Å². The zero-order chi connectivity index (χ0) is 16.9. The molecule has 0 fully saturated rings. The van der Waals surface area contributed by atoms with E-state index >= 15 is 0 Å². The summed E-state index contributed by atoms with van der Waals surface area (Å²) < 4.78 is 0. The van der Waals surface area contributed by atoms with Crippen molar-refractivity contribution < 1.29 is 10.2 Å². The van der Waals surface area contributed by atoms with Gasteiger partial charge in [-0.25, -0.2) is 0 Å². The molecule has 4 N–H and O–H groups in total. The van der Waals surface area contributed by atoms with Crippen LogP contribution in [0.3, 0.4) is 0 Å². The molecule has 0 bridgehead atoms. The molecule has 0 aliphatic heterocycles. The highest BCUT2D eigenvalue weighted by atomic mass is 16.3. The first kappa shape index (κ1) is 16.2. The van der Waals surface area contributed by atoms with Crippen LogP contribution in [-0.2, 0) is 6.42 Å². The lowest BCUT2D eigenvalue weighted by atomic mass is 10.0. The van der Waals surface area contributed by atoms with E-state index < -0.39 is 6.10 Å². The fourth-order valence-electron chi connectivity index (χ4n) is 2.72. The summed E-state index contributed by atoms with van der Waals surface area (Å²) in [6, 6.07) is 17.0. The van der Waals surface area contributed by atoms with Gasteiger partial charge in [-0.3, -0.25) is 4.79 Å². The molecule has 0 saturated heterocycles. The number of hydrogen-bond acceptors (Lipinski definition) is 4. The van der Waals surface area contributed by atoms with Crippen LogP contribution in [0.15, 0.2) is 53.3 Å². The van der Waals surface area contributed by atoms with Crippen molar-refractivity contribution in [3.63, 3.8) is 0 Å². The highest BCUT2D eigenvalue weighted by Gasteiger charge is 2.13. The van der Waals surface area contributed by atoms with E-state index in [1.807, 2.05) is 24.3 Å². The quantitative estimate of drug-likeness (QED) is 0.522. The maximum atomic E-state index is 11.4. The number of aromatic nitrogens is 1. The molecule has 5 nitrogen and oxygen atoms in total. The second kappa shape index (κ2) is 7.29. The minimum Gasteiger partial charge on any atom is -0.506 e. The molecule has 0 aliphatic carbocycles. The summed E-state index contributed by atoms with van der Waals surface area (Å²) >= 11 is 0. The fraction of sp³-hybridized carbons (Fsp3) is 0.211. The van der Waals surface area contributed by atoms with Crippen LogP contribution >= 0.6 is 0 Å².